The molecule has 1 aromatic rings. The Hall–Kier alpha value is -1.81. The van der Waals surface area contributed by atoms with Crippen LogP contribution in [0.2, 0.25) is 0 Å². The molecule has 0 saturated heterocycles. The monoisotopic (exact) mass is 331 g/mol. The molecule has 0 unspecified atom stereocenters. The molecule has 24 heavy (non-hydrogen) atoms. The number of carbonyl (C=O) groups excluding carboxylic acids is 1. The first kappa shape index (κ1) is 18.5. The second kappa shape index (κ2) is 8.34. The molecule has 0 amide bonds. The van der Waals surface area contributed by atoms with Crippen LogP contribution in [0.4, 0.5) is 0 Å². The Bertz CT molecular complexity index is 647. The predicted molar refractivity (Wildman–Crippen MR) is 96.6 cm³/mol. The quantitative estimate of drug-likeness (QED) is 0.432. The van der Waals surface area contributed by atoms with Crippen molar-refractivity contribution in [2.24, 2.45) is 0 Å². The van der Waals surface area contributed by atoms with Gasteiger partial charge in [0.05, 0.1) is 0 Å². The molecule has 2 rings (SSSR count). The SMILES string of the molecule is CCNCC/C(=C/Cc1c(O)c2c(c(C)c1CC)COC2=O)CC. The van der Waals surface area contributed by atoms with Gasteiger partial charge in [0.25, 0.3) is 0 Å². The summed E-state index contributed by atoms with van der Waals surface area (Å²) in [6.45, 7) is 10.6. The predicted octanol–water partition coefficient (Wildman–Crippen LogP) is 3.81. The van der Waals surface area contributed by atoms with Crippen molar-refractivity contribution in [2.45, 2.75) is 60.0 Å². The summed E-state index contributed by atoms with van der Waals surface area (Å²) in [5, 5.41) is 14.0. The summed E-state index contributed by atoms with van der Waals surface area (Å²) in [4.78, 5) is 12.0. The number of rotatable bonds is 8. The van der Waals surface area contributed by atoms with Crippen LogP contribution in [0.5, 0.6) is 5.75 Å². The standard InChI is InChI=1S/C20H29NO3/c1-5-14(10-11-21-7-3)8-9-16-15(6-2)13(4)17-12-24-20(23)18(17)19(16)22/h8,21-22H,5-7,9-12H2,1-4H3/b14-8+. The van der Waals surface area contributed by atoms with Gasteiger partial charge < -0.3 is 15.2 Å². The molecular formula is C20H29NO3. The minimum atomic E-state index is -0.402. The molecule has 1 heterocycles. The number of fused-ring (bicyclic) bond motifs is 1. The summed E-state index contributed by atoms with van der Waals surface area (Å²) >= 11 is 0. The van der Waals surface area contributed by atoms with Gasteiger partial charge >= 0.3 is 5.97 Å². The third kappa shape index (κ3) is 3.64. The highest BCUT2D eigenvalue weighted by atomic mass is 16.5. The van der Waals surface area contributed by atoms with Gasteiger partial charge in [-0.15, -0.1) is 0 Å². The summed E-state index contributed by atoms with van der Waals surface area (Å²) in [7, 11) is 0. The normalized spacial score (nSPS) is 14.0. The van der Waals surface area contributed by atoms with Gasteiger partial charge in [0.2, 0.25) is 0 Å². The minimum absolute atomic E-state index is 0.119. The Morgan fingerprint density at radius 3 is 2.67 bits per heavy atom. The van der Waals surface area contributed by atoms with Crippen LogP contribution in [0.15, 0.2) is 11.6 Å². The lowest BCUT2D eigenvalue weighted by Gasteiger charge is -2.16. The van der Waals surface area contributed by atoms with Crippen molar-refractivity contribution >= 4 is 5.97 Å². The average molecular weight is 331 g/mol. The molecule has 1 aliphatic heterocycles. The summed E-state index contributed by atoms with van der Waals surface area (Å²) in [5.41, 5.74) is 5.71. The maximum absolute atomic E-state index is 12.0. The molecule has 0 spiro atoms. The molecule has 0 radical (unpaired) electrons. The molecule has 0 aromatic heterocycles. The Kier molecular flexibility index (Phi) is 6.44. The number of aromatic hydroxyl groups is 1. The van der Waals surface area contributed by atoms with Gasteiger partial charge in [-0.25, -0.2) is 4.79 Å². The van der Waals surface area contributed by atoms with E-state index in [0.717, 1.165) is 54.6 Å². The smallest absolute Gasteiger partial charge is 0.342 e. The van der Waals surface area contributed by atoms with Crippen molar-refractivity contribution in [2.75, 3.05) is 13.1 Å². The number of hydrogen-bond acceptors (Lipinski definition) is 4. The van der Waals surface area contributed by atoms with E-state index in [2.05, 4.69) is 32.2 Å². The van der Waals surface area contributed by atoms with Crippen molar-refractivity contribution in [3.63, 3.8) is 0 Å². The molecule has 2 N–H and O–H groups in total. The molecule has 132 valence electrons. The number of benzene rings is 1. The van der Waals surface area contributed by atoms with Gasteiger partial charge in [0.15, 0.2) is 0 Å². The Morgan fingerprint density at radius 2 is 2.04 bits per heavy atom. The van der Waals surface area contributed by atoms with Gasteiger partial charge in [-0.3, -0.25) is 0 Å². The largest absolute Gasteiger partial charge is 0.507 e. The fraction of sp³-hybridized carbons (Fsp3) is 0.550. The maximum Gasteiger partial charge on any atom is 0.342 e. The third-order valence-electron chi connectivity index (χ3n) is 4.92. The van der Waals surface area contributed by atoms with Crippen LogP contribution in [0.1, 0.15) is 66.2 Å². The van der Waals surface area contributed by atoms with Gasteiger partial charge in [-0.2, -0.15) is 0 Å². The number of ether oxygens (including phenoxy) is 1. The number of allylic oxidation sites excluding steroid dienone is 1. The van der Waals surface area contributed by atoms with Gasteiger partial charge in [0, 0.05) is 11.1 Å². The zero-order chi connectivity index (χ0) is 17.7. The summed E-state index contributed by atoms with van der Waals surface area (Å²) < 4.78 is 5.13. The van der Waals surface area contributed by atoms with E-state index in [0.29, 0.717) is 12.0 Å². The number of phenolic OH excluding ortho intramolecular Hbond substituents is 1. The van der Waals surface area contributed by atoms with E-state index in [9.17, 15) is 9.90 Å². The molecule has 4 nitrogen and oxygen atoms in total. The molecule has 0 saturated carbocycles. The van der Waals surface area contributed by atoms with E-state index in [4.69, 9.17) is 4.74 Å². The van der Waals surface area contributed by atoms with E-state index in [-0.39, 0.29) is 12.4 Å². The van der Waals surface area contributed by atoms with E-state index in [1.165, 1.54) is 5.57 Å². The van der Waals surface area contributed by atoms with Crippen LogP contribution < -0.4 is 5.32 Å². The number of esters is 1. The van der Waals surface area contributed by atoms with Crippen molar-refractivity contribution in [3.05, 3.63) is 39.5 Å². The number of hydrogen-bond donors (Lipinski definition) is 2. The van der Waals surface area contributed by atoms with Gasteiger partial charge in [-0.1, -0.05) is 32.4 Å². The Morgan fingerprint density at radius 1 is 1.29 bits per heavy atom. The summed E-state index contributed by atoms with van der Waals surface area (Å²) in [6.07, 6.45) is 5.71. The number of cyclic esters (lactones) is 1. The fourth-order valence-corrected chi connectivity index (χ4v) is 3.44. The minimum Gasteiger partial charge on any atom is -0.507 e. The lowest BCUT2D eigenvalue weighted by molar-refractivity contribution is 0.0533. The highest BCUT2D eigenvalue weighted by Crippen LogP contribution is 2.38. The van der Waals surface area contributed by atoms with Crippen LogP contribution in [0, 0.1) is 6.92 Å². The molecule has 0 fully saturated rings. The second-order valence-electron chi connectivity index (χ2n) is 6.24. The highest BCUT2D eigenvalue weighted by molar-refractivity contribution is 5.97. The van der Waals surface area contributed by atoms with Crippen molar-refractivity contribution in [1.29, 1.82) is 0 Å². The van der Waals surface area contributed by atoms with Crippen LogP contribution in [-0.2, 0) is 24.2 Å². The lowest BCUT2D eigenvalue weighted by Crippen LogP contribution is -2.14. The Balaban J connectivity index is 2.34. The maximum atomic E-state index is 12.0. The zero-order valence-corrected chi connectivity index (χ0v) is 15.3. The lowest BCUT2D eigenvalue weighted by atomic mass is 9.89. The molecule has 0 bridgehead atoms. The molecule has 1 aliphatic rings. The topological polar surface area (TPSA) is 58.6 Å². The molecule has 4 heteroatoms. The van der Waals surface area contributed by atoms with Crippen LogP contribution in [0.3, 0.4) is 0 Å². The number of nitrogens with one attached hydrogen (secondary N) is 1. The number of carbonyl (C=O) groups is 1. The second-order valence-corrected chi connectivity index (χ2v) is 6.24. The van der Waals surface area contributed by atoms with Crippen LogP contribution >= 0.6 is 0 Å². The first-order valence-corrected chi connectivity index (χ1v) is 8.96. The first-order valence-electron chi connectivity index (χ1n) is 8.96. The van der Waals surface area contributed by atoms with E-state index >= 15 is 0 Å². The van der Waals surface area contributed by atoms with E-state index in [1.54, 1.807) is 0 Å². The number of phenols is 1. The summed E-state index contributed by atoms with van der Waals surface area (Å²) in [6, 6.07) is 0. The van der Waals surface area contributed by atoms with Gasteiger partial charge in [0.1, 0.15) is 17.9 Å². The Labute approximate surface area is 144 Å². The molecule has 0 aliphatic carbocycles. The van der Waals surface area contributed by atoms with Gasteiger partial charge in [-0.05, 0) is 56.8 Å². The van der Waals surface area contributed by atoms with Crippen LogP contribution in [-0.4, -0.2) is 24.2 Å². The third-order valence-corrected chi connectivity index (χ3v) is 4.92. The molecule has 0 atom stereocenters. The highest BCUT2D eigenvalue weighted by Gasteiger charge is 2.30. The zero-order valence-electron chi connectivity index (χ0n) is 15.3. The van der Waals surface area contributed by atoms with Crippen molar-refractivity contribution in [3.8, 4) is 5.75 Å². The average Bonchev–Trinajstić information content (AvgIpc) is 2.97. The summed E-state index contributed by atoms with van der Waals surface area (Å²) in [5.74, 6) is -0.283. The molecular weight excluding hydrogens is 302 g/mol. The van der Waals surface area contributed by atoms with Crippen LogP contribution in [0.25, 0.3) is 0 Å². The fourth-order valence-electron chi connectivity index (χ4n) is 3.44. The first-order chi connectivity index (χ1) is 11.5. The molecule has 1 aromatic carbocycles. The van der Waals surface area contributed by atoms with E-state index < -0.39 is 5.97 Å². The van der Waals surface area contributed by atoms with Crippen molar-refractivity contribution in [1.82, 2.24) is 5.32 Å². The van der Waals surface area contributed by atoms with Crippen molar-refractivity contribution < 1.29 is 14.6 Å². The van der Waals surface area contributed by atoms with E-state index in [1.807, 2.05) is 6.92 Å².